The lowest BCUT2D eigenvalue weighted by Crippen LogP contribution is -2.53. The number of carbonyl (C=O) groups excluding carboxylic acids is 2. The number of rotatable bonds is 5. The molecule has 154 valence electrons. The van der Waals surface area contributed by atoms with Crippen LogP contribution in [0.4, 0.5) is 10.5 Å². The van der Waals surface area contributed by atoms with Crippen molar-refractivity contribution in [1.82, 2.24) is 10.6 Å². The van der Waals surface area contributed by atoms with Crippen molar-refractivity contribution in [3.05, 3.63) is 53.6 Å². The van der Waals surface area contributed by atoms with E-state index in [0.29, 0.717) is 12.0 Å². The molecule has 0 spiro atoms. The number of nitrogens with zero attached hydrogens (tertiary/aromatic N) is 1. The monoisotopic (exact) mass is 418 g/mol. The Kier molecular flexibility index (Phi) is 5.76. The summed E-state index contributed by atoms with van der Waals surface area (Å²) >= 11 is 0. The maximum atomic E-state index is 12.5. The van der Waals surface area contributed by atoms with E-state index in [1.165, 1.54) is 24.1 Å². The number of amides is 3. The van der Waals surface area contributed by atoms with Gasteiger partial charge in [0.25, 0.3) is 0 Å². The van der Waals surface area contributed by atoms with E-state index < -0.39 is 22.1 Å². The molecule has 0 aromatic heterocycles. The first-order chi connectivity index (χ1) is 13.7. The van der Waals surface area contributed by atoms with Gasteiger partial charge in [-0.05, 0) is 29.3 Å². The van der Waals surface area contributed by atoms with Gasteiger partial charge in [0.05, 0.1) is 7.11 Å². The minimum absolute atomic E-state index is 0.0473. The van der Waals surface area contributed by atoms with Gasteiger partial charge in [-0.3, -0.25) is 4.79 Å². The Bertz CT molecular complexity index is 1050. The van der Waals surface area contributed by atoms with Crippen LogP contribution >= 0.6 is 0 Å². The Hall–Kier alpha value is -3.11. The predicted molar refractivity (Wildman–Crippen MR) is 107 cm³/mol. The fraction of sp³-hybridized carbons (Fsp3) is 0.263. The topological polar surface area (TPSA) is 131 Å². The smallest absolute Gasteiger partial charge is 0.315 e. The molecule has 0 radical (unpaired) electrons. The van der Waals surface area contributed by atoms with E-state index in [1.807, 2.05) is 24.3 Å². The molecule has 3 amide bonds. The second-order valence-electron chi connectivity index (χ2n) is 6.64. The van der Waals surface area contributed by atoms with E-state index in [-0.39, 0.29) is 23.1 Å². The SMILES string of the molecule is COc1ccc(CNC(=O)NC2Cc3ccccc3N(C)C2=O)cc1S(N)(=O)=O. The van der Waals surface area contributed by atoms with Crippen LogP contribution in [-0.2, 0) is 27.8 Å². The highest BCUT2D eigenvalue weighted by molar-refractivity contribution is 7.89. The zero-order valence-corrected chi connectivity index (χ0v) is 16.8. The fourth-order valence-corrected chi connectivity index (χ4v) is 3.98. The molecule has 1 atom stereocenters. The summed E-state index contributed by atoms with van der Waals surface area (Å²) in [6.45, 7) is 0.0473. The van der Waals surface area contributed by atoms with Gasteiger partial charge >= 0.3 is 6.03 Å². The van der Waals surface area contributed by atoms with Crippen LogP contribution in [0.2, 0.25) is 0 Å². The molecule has 0 bridgehead atoms. The van der Waals surface area contributed by atoms with Crippen LogP contribution in [0, 0.1) is 0 Å². The summed E-state index contributed by atoms with van der Waals surface area (Å²) in [5.41, 5.74) is 2.31. The average molecular weight is 418 g/mol. The van der Waals surface area contributed by atoms with Gasteiger partial charge in [-0.2, -0.15) is 0 Å². The number of fused-ring (bicyclic) bond motifs is 1. The highest BCUT2D eigenvalue weighted by Crippen LogP contribution is 2.26. The van der Waals surface area contributed by atoms with E-state index in [2.05, 4.69) is 10.6 Å². The first-order valence-corrected chi connectivity index (χ1v) is 10.3. The molecule has 1 heterocycles. The van der Waals surface area contributed by atoms with Gasteiger partial charge in [0.2, 0.25) is 15.9 Å². The fourth-order valence-electron chi connectivity index (χ4n) is 3.23. The number of ether oxygens (including phenoxy) is 1. The molecule has 3 rings (SSSR count). The van der Waals surface area contributed by atoms with Crippen LogP contribution in [0.1, 0.15) is 11.1 Å². The Morgan fingerprint density at radius 1 is 1.28 bits per heavy atom. The number of methoxy groups -OCH3 is 1. The van der Waals surface area contributed by atoms with Crippen molar-refractivity contribution < 1.29 is 22.7 Å². The molecule has 1 aliphatic rings. The molecule has 2 aromatic rings. The third-order valence-corrected chi connectivity index (χ3v) is 5.63. The summed E-state index contributed by atoms with van der Waals surface area (Å²) in [4.78, 5) is 26.2. The Morgan fingerprint density at radius 2 is 2.00 bits per heavy atom. The van der Waals surface area contributed by atoms with Crippen LogP contribution in [-0.4, -0.2) is 40.6 Å². The molecule has 9 nitrogen and oxygen atoms in total. The Morgan fingerprint density at radius 3 is 2.69 bits per heavy atom. The van der Waals surface area contributed by atoms with Gasteiger partial charge in [-0.1, -0.05) is 24.3 Å². The number of urea groups is 1. The maximum absolute atomic E-state index is 12.5. The lowest BCUT2D eigenvalue weighted by Gasteiger charge is -2.31. The molecule has 4 N–H and O–H groups in total. The molecule has 10 heteroatoms. The van der Waals surface area contributed by atoms with Crippen LogP contribution in [0.25, 0.3) is 0 Å². The van der Waals surface area contributed by atoms with Crippen molar-refractivity contribution in [1.29, 1.82) is 0 Å². The van der Waals surface area contributed by atoms with Crippen LogP contribution < -0.4 is 25.4 Å². The number of primary sulfonamides is 1. The highest BCUT2D eigenvalue weighted by Gasteiger charge is 2.31. The van der Waals surface area contributed by atoms with Gasteiger partial charge in [0.1, 0.15) is 16.7 Å². The molecular weight excluding hydrogens is 396 g/mol. The van der Waals surface area contributed by atoms with Crippen molar-refractivity contribution >= 4 is 27.6 Å². The molecule has 0 saturated carbocycles. The number of likely N-dealkylation sites (N-methyl/N-ethyl adjacent to an activating group) is 1. The van der Waals surface area contributed by atoms with Crippen molar-refractivity contribution in [2.75, 3.05) is 19.1 Å². The molecule has 2 aromatic carbocycles. The standard InChI is InChI=1S/C19H22N4O5S/c1-23-15-6-4-3-5-13(15)10-14(18(23)24)22-19(25)21-11-12-7-8-16(28-2)17(9-12)29(20,26)27/h3-9,14H,10-11H2,1-2H3,(H2,20,26,27)(H2,21,22,25). The number of nitrogens with one attached hydrogen (secondary N) is 2. The van der Waals surface area contributed by atoms with Crippen molar-refractivity contribution in [3.8, 4) is 5.75 Å². The molecule has 0 aliphatic carbocycles. The zero-order valence-electron chi connectivity index (χ0n) is 16.0. The normalized spacial score (nSPS) is 16.2. The average Bonchev–Trinajstić information content (AvgIpc) is 2.69. The van der Waals surface area contributed by atoms with Crippen LogP contribution in [0.3, 0.4) is 0 Å². The van der Waals surface area contributed by atoms with Crippen molar-refractivity contribution in [2.24, 2.45) is 5.14 Å². The van der Waals surface area contributed by atoms with E-state index in [4.69, 9.17) is 9.88 Å². The van der Waals surface area contributed by atoms with Crippen LogP contribution in [0.15, 0.2) is 47.4 Å². The molecule has 0 saturated heterocycles. The number of anilines is 1. The number of hydrogen-bond acceptors (Lipinski definition) is 5. The number of carbonyl (C=O) groups is 2. The van der Waals surface area contributed by atoms with Crippen molar-refractivity contribution in [2.45, 2.75) is 23.9 Å². The van der Waals surface area contributed by atoms with Crippen molar-refractivity contribution in [3.63, 3.8) is 0 Å². The minimum atomic E-state index is -3.97. The van der Waals surface area contributed by atoms with Gasteiger partial charge in [-0.15, -0.1) is 0 Å². The summed E-state index contributed by atoms with van der Waals surface area (Å²) < 4.78 is 28.4. The first-order valence-electron chi connectivity index (χ1n) is 8.80. The third-order valence-electron chi connectivity index (χ3n) is 4.70. The predicted octanol–water partition coefficient (Wildman–Crippen LogP) is 0.729. The van der Waals surface area contributed by atoms with Gasteiger partial charge in [-0.25, -0.2) is 18.4 Å². The largest absolute Gasteiger partial charge is 0.495 e. The maximum Gasteiger partial charge on any atom is 0.315 e. The summed E-state index contributed by atoms with van der Waals surface area (Å²) in [6, 6.07) is 10.7. The molecule has 0 fully saturated rings. The lowest BCUT2D eigenvalue weighted by atomic mass is 9.98. The van der Waals surface area contributed by atoms with Gasteiger partial charge < -0.3 is 20.3 Å². The molecule has 1 aliphatic heterocycles. The van der Waals surface area contributed by atoms with Crippen LogP contribution in [0.5, 0.6) is 5.75 Å². The van der Waals surface area contributed by atoms with E-state index in [0.717, 1.165) is 11.3 Å². The number of hydrogen-bond donors (Lipinski definition) is 3. The Labute approximate surface area is 168 Å². The summed E-state index contributed by atoms with van der Waals surface area (Å²) in [5, 5.41) is 10.5. The van der Waals surface area contributed by atoms with E-state index >= 15 is 0 Å². The minimum Gasteiger partial charge on any atom is -0.495 e. The number of nitrogens with two attached hydrogens (primary N) is 1. The Balaban J connectivity index is 1.66. The number of benzene rings is 2. The van der Waals surface area contributed by atoms with Gasteiger partial charge in [0, 0.05) is 25.7 Å². The quantitative estimate of drug-likeness (QED) is 0.659. The molecule has 1 unspecified atom stereocenters. The number of para-hydroxylation sites is 1. The molecular formula is C19H22N4O5S. The van der Waals surface area contributed by atoms with E-state index in [9.17, 15) is 18.0 Å². The lowest BCUT2D eigenvalue weighted by molar-refractivity contribution is -0.120. The summed E-state index contributed by atoms with van der Waals surface area (Å²) in [7, 11) is -0.970. The first kappa shape index (κ1) is 20.6. The highest BCUT2D eigenvalue weighted by atomic mass is 32.2. The zero-order chi connectivity index (χ0) is 21.2. The third kappa shape index (κ3) is 4.49. The molecule has 29 heavy (non-hydrogen) atoms. The second kappa shape index (κ2) is 8.10. The summed E-state index contributed by atoms with van der Waals surface area (Å²) in [5.74, 6) is -0.0879. The van der Waals surface area contributed by atoms with E-state index in [1.54, 1.807) is 13.1 Å². The number of sulfonamides is 1. The summed E-state index contributed by atoms with van der Waals surface area (Å²) in [6.07, 6.45) is 0.394. The second-order valence-corrected chi connectivity index (χ2v) is 8.17. The van der Waals surface area contributed by atoms with Gasteiger partial charge in [0.15, 0.2) is 0 Å².